The van der Waals surface area contributed by atoms with Crippen LogP contribution < -0.4 is 0 Å². The minimum absolute atomic E-state index is 0.215. The van der Waals surface area contributed by atoms with Gasteiger partial charge in [0.2, 0.25) is 0 Å². The van der Waals surface area contributed by atoms with Crippen LogP contribution in [-0.2, 0) is 6.18 Å². The van der Waals surface area contributed by atoms with E-state index in [1.807, 2.05) is 6.07 Å². The second kappa shape index (κ2) is 4.90. The first-order valence-electron chi connectivity index (χ1n) is 5.15. The zero-order valence-corrected chi connectivity index (χ0v) is 10.1. The molecule has 0 unspecified atom stereocenters. The number of benzene rings is 1. The first-order chi connectivity index (χ1) is 8.91. The molecule has 1 aromatic heterocycles. The van der Waals surface area contributed by atoms with Crippen molar-refractivity contribution in [3.63, 3.8) is 0 Å². The average molecular weight is 283 g/mol. The summed E-state index contributed by atoms with van der Waals surface area (Å²) in [7, 11) is 0. The highest BCUT2D eigenvalue weighted by Crippen LogP contribution is 2.31. The van der Waals surface area contributed by atoms with E-state index in [1.54, 1.807) is 0 Å². The van der Waals surface area contributed by atoms with Crippen LogP contribution in [0.3, 0.4) is 0 Å². The lowest BCUT2D eigenvalue weighted by Crippen LogP contribution is -2.04. The Labute approximate surface area is 112 Å². The Balaban J connectivity index is 2.38. The summed E-state index contributed by atoms with van der Waals surface area (Å²) in [5, 5.41) is 8.92. The van der Waals surface area contributed by atoms with Crippen molar-refractivity contribution in [1.82, 2.24) is 4.98 Å². The highest BCUT2D eigenvalue weighted by Gasteiger charge is 2.29. The molecule has 2 rings (SSSR count). The number of nitriles is 1. The van der Waals surface area contributed by atoms with E-state index in [0.717, 1.165) is 12.1 Å². The smallest absolute Gasteiger partial charge is 0.255 e. The second-order valence-electron chi connectivity index (χ2n) is 3.74. The standard InChI is InChI=1S/C13H6ClF3N2/c14-11-5-12(19-7-9(11)6-18)8-1-3-10(4-2-8)13(15,16)17/h1-5,7H. The molecule has 0 aliphatic rings. The van der Waals surface area contributed by atoms with Crippen LogP contribution in [0, 0.1) is 11.3 Å². The third-order valence-corrected chi connectivity index (χ3v) is 2.79. The van der Waals surface area contributed by atoms with Gasteiger partial charge in [-0.3, -0.25) is 4.98 Å². The summed E-state index contributed by atoms with van der Waals surface area (Å²) in [5.41, 5.74) is 0.408. The molecule has 0 saturated carbocycles. The molecule has 19 heavy (non-hydrogen) atoms. The average Bonchev–Trinajstić information content (AvgIpc) is 2.38. The van der Waals surface area contributed by atoms with Gasteiger partial charge in [0.15, 0.2) is 0 Å². The molecule has 0 aliphatic heterocycles. The molecule has 0 amide bonds. The van der Waals surface area contributed by atoms with Gasteiger partial charge in [-0.25, -0.2) is 0 Å². The van der Waals surface area contributed by atoms with Gasteiger partial charge in [-0.15, -0.1) is 0 Å². The van der Waals surface area contributed by atoms with Crippen molar-refractivity contribution in [2.45, 2.75) is 6.18 Å². The molecule has 0 spiro atoms. The third kappa shape index (κ3) is 2.85. The summed E-state index contributed by atoms with van der Waals surface area (Å²) >= 11 is 5.84. The van der Waals surface area contributed by atoms with E-state index >= 15 is 0 Å². The molecule has 0 saturated heterocycles. The Morgan fingerprint density at radius 1 is 1.16 bits per heavy atom. The van der Waals surface area contributed by atoms with Crippen LogP contribution in [0.2, 0.25) is 5.02 Å². The minimum Gasteiger partial charge on any atom is -0.255 e. The van der Waals surface area contributed by atoms with Crippen LogP contribution in [0.25, 0.3) is 11.3 Å². The van der Waals surface area contributed by atoms with Gasteiger partial charge in [0.25, 0.3) is 0 Å². The van der Waals surface area contributed by atoms with E-state index in [-0.39, 0.29) is 10.6 Å². The quantitative estimate of drug-likeness (QED) is 0.782. The highest BCUT2D eigenvalue weighted by molar-refractivity contribution is 6.31. The largest absolute Gasteiger partial charge is 0.416 e. The lowest BCUT2D eigenvalue weighted by atomic mass is 10.1. The highest BCUT2D eigenvalue weighted by atomic mass is 35.5. The molecule has 0 radical (unpaired) electrons. The molecule has 1 aromatic carbocycles. The molecule has 0 fully saturated rings. The topological polar surface area (TPSA) is 36.7 Å². The van der Waals surface area contributed by atoms with Crippen LogP contribution in [0.5, 0.6) is 0 Å². The molecule has 0 atom stereocenters. The Morgan fingerprint density at radius 2 is 1.79 bits per heavy atom. The summed E-state index contributed by atoms with van der Waals surface area (Å²) in [6, 6.07) is 7.88. The predicted molar refractivity (Wildman–Crippen MR) is 64.4 cm³/mol. The molecular formula is C13H6ClF3N2. The van der Waals surface area contributed by atoms with Crippen LogP contribution in [0.4, 0.5) is 13.2 Å². The van der Waals surface area contributed by atoms with Crippen LogP contribution in [0.15, 0.2) is 36.5 Å². The number of rotatable bonds is 1. The SMILES string of the molecule is N#Cc1cnc(-c2ccc(C(F)(F)F)cc2)cc1Cl. The normalized spacial score (nSPS) is 11.1. The second-order valence-corrected chi connectivity index (χ2v) is 4.14. The summed E-state index contributed by atoms with van der Waals surface area (Å²) < 4.78 is 37.2. The van der Waals surface area contributed by atoms with Crippen molar-refractivity contribution in [3.8, 4) is 17.3 Å². The zero-order valence-electron chi connectivity index (χ0n) is 9.37. The van der Waals surface area contributed by atoms with Gasteiger partial charge in [-0.05, 0) is 18.2 Å². The van der Waals surface area contributed by atoms with Crippen LogP contribution in [0.1, 0.15) is 11.1 Å². The number of halogens is 4. The molecule has 2 nitrogen and oxygen atoms in total. The third-order valence-electron chi connectivity index (χ3n) is 2.48. The van der Waals surface area contributed by atoms with Crippen molar-refractivity contribution >= 4 is 11.6 Å². The van der Waals surface area contributed by atoms with E-state index in [9.17, 15) is 13.2 Å². The molecule has 96 valence electrons. The van der Waals surface area contributed by atoms with Crippen molar-refractivity contribution in [3.05, 3.63) is 52.7 Å². The summed E-state index contributed by atoms with van der Waals surface area (Å²) in [6.45, 7) is 0. The van der Waals surface area contributed by atoms with E-state index in [2.05, 4.69) is 4.98 Å². The summed E-state index contributed by atoms with van der Waals surface area (Å²) in [4.78, 5) is 3.98. The Bertz CT molecular complexity index is 642. The maximum atomic E-state index is 12.4. The van der Waals surface area contributed by atoms with E-state index in [4.69, 9.17) is 16.9 Å². The fraction of sp³-hybridized carbons (Fsp3) is 0.0769. The van der Waals surface area contributed by atoms with Gasteiger partial charge in [-0.1, -0.05) is 23.7 Å². The fourth-order valence-electron chi connectivity index (χ4n) is 1.50. The van der Waals surface area contributed by atoms with Crippen LogP contribution >= 0.6 is 11.6 Å². The molecule has 0 aliphatic carbocycles. The Hall–Kier alpha value is -2.06. The van der Waals surface area contributed by atoms with Gasteiger partial charge < -0.3 is 0 Å². The molecular weight excluding hydrogens is 277 g/mol. The first kappa shape index (κ1) is 13.4. The lowest BCUT2D eigenvalue weighted by molar-refractivity contribution is -0.137. The van der Waals surface area contributed by atoms with Gasteiger partial charge in [0.1, 0.15) is 6.07 Å². The number of pyridine rings is 1. The van der Waals surface area contributed by atoms with Crippen molar-refractivity contribution in [2.75, 3.05) is 0 Å². The predicted octanol–water partition coefficient (Wildman–Crippen LogP) is 4.29. The molecule has 0 bridgehead atoms. The maximum Gasteiger partial charge on any atom is 0.416 e. The molecule has 0 N–H and O–H groups in total. The number of alkyl halides is 3. The van der Waals surface area contributed by atoms with Crippen molar-refractivity contribution in [2.24, 2.45) is 0 Å². The number of hydrogen-bond donors (Lipinski definition) is 0. The monoisotopic (exact) mass is 282 g/mol. The summed E-state index contributed by atoms with van der Waals surface area (Å²) in [6.07, 6.45) is -3.08. The molecule has 2 aromatic rings. The van der Waals surface area contributed by atoms with Gasteiger partial charge in [-0.2, -0.15) is 18.4 Å². The fourth-order valence-corrected chi connectivity index (χ4v) is 1.70. The van der Waals surface area contributed by atoms with E-state index in [0.29, 0.717) is 11.3 Å². The first-order valence-corrected chi connectivity index (χ1v) is 5.53. The van der Waals surface area contributed by atoms with E-state index in [1.165, 1.54) is 24.4 Å². The number of hydrogen-bond acceptors (Lipinski definition) is 2. The van der Waals surface area contributed by atoms with Crippen LogP contribution in [-0.4, -0.2) is 4.98 Å². The van der Waals surface area contributed by atoms with Gasteiger partial charge in [0, 0.05) is 11.8 Å². The minimum atomic E-state index is -4.37. The number of nitrogens with zero attached hydrogens (tertiary/aromatic N) is 2. The zero-order chi connectivity index (χ0) is 14.0. The van der Waals surface area contributed by atoms with Gasteiger partial charge in [0.05, 0.1) is 21.8 Å². The van der Waals surface area contributed by atoms with E-state index < -0.39 is 11.7 Å². The molecule has 1 heterocycles. The maximum absolute atomic E-state index is 12.4. The Morgan fingerprint density at radius 3 is 2.26 bits per heavy atom. The van der Waals surface area contributed by atoms with Crippen molar-refractivity contribution in [1.29, 1.82) is 5.26 Å². The van der Waals surface area contributed by atoms with Gasteiger partial charge >= 0.3 is 6.18 Å². The molecule has 6 heteroatoms. The summed E-state index contributed by atoms with van der Waals surface area (Å²) in [5.74, 6) is 0. The number of aromatic nitrogens is 1. The van der Waals surface area contributed by atoms with Crippen molar-refractivity contribution < 1.29 is 13.2 Å². The lowest BCUT2D eigenvalue weighted by Gasteiger charge is -2.07. The Kier molecular flexibility index (Phi) is 3.45.